The molecule has 1 fully saturated rings. The molecular weight excluding hydrogens is 310 g/mol. The van der Waals surface area contributed by atoms with Gasteiger partial charge in [-0.25, -0.2) is 0 Å². The minimum Gasteiger partial charge on any atom is -0.490 e. The van der Waals surface area contributed by atoms with Gasteiger partial charge in [-0.05, 0) is 33.0 Å². The van der Waals surface area contributed by atoms with Gasteiger partial charge in [0.05, 0.1) is 12.0 Å². The Morgan fingerprint density at radius 3 is 2.38 bits per heavy atom. The first-order valence-corrected chi connectivity index (χ1v) is 8.12. The van der Waals surface area contributed by atoms with Gasteiger partial charge >= 0.3 is 5.69 Å². The molecule has 0 N–H and O–H groups in total. The van der Waals surface area contributed by atoms with Crippen LogP contribution in [0.4, 0.5) is 5.69 Å². The van der Waals surface area contributed by atoms with Crippen LogP contribution < -0.4 is 4.74 Å². The number of amides is 1. The Balaban J connectivity index is 2.25. The fourth-order valence-electron chi connectivity index (χ4n) is 3.46. The molecule has 1 aliphatic rings. The van der Waals surface area contributed by atoms with E-state index >= 15 is 0 Å². The topological polar surface area (TPSA) is 75.9 Å². The fraction of sp³-hybridized carbons (Fsp3) is 0.588. The average Bonchev–Trinajstić information content (AvgIpc) is 2.59. The molecule has 7 nitrogen and oxygen atoms in total. The lowest BCUT2D eigenvalue weighted by atomic mass is 9.88. The molecule has 1 aromatic rings. The van der Waals surface area contributed by atoms with Crippen LogP contribution in [-0.4, -0.2) is 61.0 Å². The highest BCUT2D eigenvalue weighted by Crippen LogP contribution is 2.30. The average molecular weight is 335 g/mol. The molecule has 0 aromatic heterocycles. The number of hydrogen-bond donors (Lipinski definition) is 0. The van der Waals surface area contributed by atoms with E-state index in [0.29, 0.717) is 11.6 Å². The number of nitro groups is 1. The van der Waals surface area contributed by atoms with Gasteiger partial charge in [-0.15, -0.1) is 0 Å². The van der Waals surface area contributed by atoms with Gasteiger partial charge in [0, 0.05) is 36.8 Å². The smallest absolute Gasteiger partial charge is 0.310 e. The van der Waals surface area contributed by atoms with E-state index in [1.807, 2.05) is 21.1 Å². The van der Waals surface area contributed by atoms with Crippen molar-refractivity contribution >= 4 is 11.6 Å². The van der Waals surface area contributed by atoms with Crippen molar-refractivity contribution in [2.45, 2.75) is 37.8 Å². The molecule has 1 aromatic carbocycles. The van der Waals surface area contributed by atoms with Crippen molar-refractivity contribution in [3.05, 3.63) is 33.9 Å². The van der Waals surface area contributed by atoms with E-state index in [-0.39, 0.29) is 23.4 Å². The number of hydrogen-bond acceptors (Lipinski definition) is 5. The van der Waals surface area contributed by atoms with Gasteiger partial charge in [-0.2, -0.15) is 0 Å². The molecule has 2 atom stereocenters. The summed E-state index contributed by atoms with van der Waals surface area (Å²) in [5.74, 6) is -0.0333. The van der Waals surface area contributed by atoms with Crippen LogP contribution in [0.15, 0.2) is 18.2 Å². The van der Waals surface area contributed by atoms with E-state index in [0.717, 1.165) is 19.3 Å². The third-order valence-electron chi connectivity index (χ3n) is 4.80. The lowest BCUT2D eigenvalue weighted by molar-refractivity contribution is -0.385. The number of benzene rings is 1. The van der Waals surface area contributed by atoms with Gasteiger partial charge in [0.25, 0.3) is 5.91 Å². The van der Waals surface area contributed by atoms with Gasteiger partial charge < -0.3 is 14.5 Å². The summed E-state index contributed by atoms with van der Waals surface area (Å²) in [6, 6.07) is 4.73. The molecule has 24 heavy (non-hydrogen) atoms. The molecule has 1 aliphatic carbocycles. The van der Waals surface area contributed by atoms with Crippen LogP contribution in [0.5, 0.6) is 5.75 Å². The molecule has 0 spiro atoms. The highest BCUT2D eigenvalue weighted by Gasteiger charge is 2.32. The Kier molecular flexibility index (Phi) is 5.77. The number of ether oxygens (including phenoxy) is 1. The highest BCUT2D eigenvalue weighted by molar-refractivity contribution is 5.95. The molecular formula is C17H25N3O4. The SMILES string of the molecule is COc1cc(C(=O)N(C)C2CCCCC2N(C)C)ccc1[N+](=O)[O-]. The number of carbonyl (C=O) groups excluding carboxylic acids is 1. The van der Waals surface area contributed by atoms with Gasteiger partial charge in [0.1, 0.15) is 0 Å². The van der Waals surface area contributed by atoms with E-state index in [1.165, 1.54) is 31.7 Å². The predicted octanol–water partition coefficient (Wildman–Crippen LogP) is 2.55. The number of nitro benzene ring substituents is 1. The third kappa shape index (κ3) is 3.67. The predicted molar refractivity (Wildman–Crippen MR) is 91.5 cm³/mol. The summed E-state index contributed by atoms with van der Waals surface area (Å²) in [5.41, 5.74) is 0.267. The Bertz CT molecular complexity index is 618. The Morgan fingerprint density at radius 1 is 1.21 bits per heavy atom. The summed E-state index contributed by atoms with van der Waals surface area (Å²) < 4.78 is 5.06. The maximum Gasteiger partial charge on any atom is 0.310 e. The number of methoxy groups -OCH3 is 1. The second-order valence-electron chi connectivity index (χ2n) is 6.44. The maximum absolute atomic E-state index is 12.8. The van der Waals surface area contributed by atoms with Crippen molar-refractivity contribution in [1.82, 2.24) is 9.80 Å². The van der Waals surface area contributed by atoms with E-state index in [9.17, 15) is 14.9 Å². The molecule has 2 unspecified atom stereocenters. The van der Waals surface area contributed by atoms with Gasteiger partial charge in [-0.3, -0.25) is 14.9 Å². The maximum atomic E-state index is 12.8. The van der Waals surface area contributed by atoms with Crippen LogP contribution >= 0.6 is 0 Å². The number of rotatable bonds is 5. The molecule has 0 aliphatic heterocycles. The minimum atomic E-state index is -0.514. The Hall–Kier alpha value is -2.15. The van der Waals surface area contributed by atoms with E-state index in [1.54, 1.807) is 4.90 Å². The second kappa shape index (κ2) is 7.61. The molecule has 0 radical (unpaired) electrons. The number of nitrogens with zero attached hydrogens (tertiary/aromatic N) is 3. The largest absolute Gasteiger partial charge is 0.490 e. The molecule has 0 saturated heterocycles. The Labute approximate surface area is 142 Å². The first-order chi connectivity index (χ1) is 11.4. The van der Waals surface area contributed by atoms with Crippen LogP contribution in [0, 0.1) is 10.1 Å². The summed E-state index contributed by atoms with van der Waals surface area (Å²) in [5, 5.41) is 11.0. The Morgan fingerprint density at radius 2 is 1.83 bits per heavy atom. The van der Waals surface area contributed by atoms with Crippen molar-refractivity contribution < 1.29 is 14.5 Å². The molecule has 1 saturated carbocycles. The standard InChI is InChI=1S/C17H25N3O4/c1-18(2)13-7-5-6-8-14(13)19(3)17(21)12-9-10-15(20(22)23)16(11-12)24-4/h9-11,13-14H,5-8H2,1-4H3. The molecule has 7 heteroatoms. The van der Waals surface area contributed by atoms with Crippen molar-refractivity contribution in [2.24, 2.45) is 0 Å². The van der Waals surface area contributed by atoms with Gasteiger partial charge in [0.15, 0.2) is 5.75 Å². The van der Waals surface area contributed by atoms with Crippen molar-refractivity contribution in [1.29, 1.82) is 0 Å². The van der Waals surface area contributed by atoms with Crippen LogP contribution in [0.3, 0.4) is 0 Å². The zero-order valence-corrected chi connectivity index (χ0v) is 14.7. The van der Waals surface area contributed by atoms with Crippen LogP contribution in [0.25, 0.3) is 0 Å². The second-order valence-corrected chi connectivity index (χ2v) is 6.44. The molecule has 0 heterocycles. The summed E-state index contributed by atoms with van der Waals surface area (Å²) in [4.78, 5) is 27.3. The molecule has 1 amide bonds. The number of likely N-dealkylation sites (N-methyl/N-ethyl adjacent to an activating group) is 2. The van der Waals surface area contributed by atoms with Crippen molar-refractivity contribution in [3.8, 4) is 5.75 Å². The van der Waals surface area contributed by atoms with Crippen molar-refractivity contribution in [2.75, 3.05) is 28.3 Å². The highest BCUT2D eigenvalue weighted by atomic mass is 16.6. The zero-order chi connectivity index (χ0) is 17.9. The number of carbonyl (C=O) groups is 1. The minimum absolute atomic E-state index is 0.104. The van der Waals surface area contributed by atoms with E-state index < -0.39 is 4.92 Å². The molecule has 2 rings (SSSR count). The zero-order valence-electron chi connectivity index (χ0n) is 14.7. The lowest BCUT2D eigenvalue weighted by Crippen LogP contribution is -2.51. The van der Waals surface area contributed by atoms with E-state index in [2.05, 4.69) is 4.90 Å². The quantitative estimate of drug-likeness (QED) is 0.610. The first-order valence-electron chi connectivity index (χ1n) is 8.12. The van der Waals surface area contributed by atoms with Crippen molar-refractivity contribution in [3.63, 3.8) is 0 Å². The van der Waals surface area contributed by atoms with Gasteiger partial charge in [0.2, 0.25) is 0 Å². The van der Waals surface area contributed by atoms with Gasteiger partial charge in [-0.1, -0.05) is 12.8 Å². The summed E-state index contributed by atoms with van der Waals surface area (Å²) in [6.45, 7) is 0. The normalized spacial score (nSPS) is 20.7. The monoisotopic (exact) mass is 335 g/mol. The summed E-state index contributed by atoms with van der Waals surface area (Å²) in [7, 11) is 7.25. The van der Waals surface area contributed by atoms with Crippen LogP contribution in [-0.2, 0) is 0 Å². The first kappa shape index (κ1) is 18.2. The fourth-order valence-corrected chi connectivity index (χ4v) is 3.46. The molecule has 132 valence electrons. The summed E-state index contributed by atoms with van der Waals surface area (Å²) in [6.07, 6.45) is 4.32. The van der Waals surface area contributed by atoms with Crippen LogP contribution in [0.2, 0.25) is 0 Å². The lowest BCUT2D eigenvalue weighted by Gasteiger charge is -2.41. The van der Waals surface area contributed by atoms with Crippen LogP contribution in [0.1, 0.15) is 36.0 Å². The third-order valence-corrected chi connectivity index (χ3v) is 4.80. The molecule has 0 bridgehead atoms. The summed E-state index contributed by atoms with van der Waals surface area (Å²) >= 11 is 0. The van der Waals surface area contributed by atoms with E-state index in [4.69, 9.17) is 4.74 Å².